The van der Waals surface area contributed by atoms with Crippen LogP contribution in [0.2, 0.25) is 0 Å². The smallest absolute Gasteiger partial charge is 0.410 e. The number of nitrogens with one attached hydrogen (secondary N) is 1. The van der Waals surface area contributed by atoms with Crippen LogP contribution in [0.5, 0.6) is 5.75 Å². The Hall–Kier alpha value is -3.22. The predicted molar refractivity (Wildman–Crippen MR) is 142 cm³/mol. The molecule has 2 aromatic carbocycles. The Kier molecular flexibility index (Phi) is 8.39. The third-order valence-corrected chi connectivity index (χ3v) is 6.46. The van der Waals surface area contributed by atoms with Crippen molar-refractivity contribution in [1.29, 1.82) is 0 Å². The first-order valence-corrected chi connectivity index (χ1v) is 13.1. The molecule has 7 nitrogen and oxygen atoms in total. The molecule has 1 heterocycles. The van der Waals surface area contributed by atoms with Crippen LogP contribution in [0.25, 0.3) is 0 Å². The molecule has 0 aromatic heterocycles. The molecular weight excluding hydrogens is 454 g/mol. The molecule has 1 saturated carbocycles. The van der Waals surface area contributed by atoms with Crippen molar-refractivity contribution in [2.45, 2.75) is 64.4 Å². The lowest BCUT2D eigenvalue weighted by molar-refractivity contribution is 0.0174. The molecule has 4 rings (SSSR count). The molecule has 0 bridgehead atoms. The molecular formula is C29H39N3O4. The number of urea groups is 1. The summed E-state index contributed by atoms with van der Waals surface area (Å²) in [5, 5.41) is 2.96. The van der Waals surface area contributed by atoms with Crippen LogP contribution in [0.3, 0.4) is 0 Å². The summed E-state index contributed by atoms with van der Waals surface area (Å²) >= 11 is 0. The molecule has 0 spiro atoms. The van der Waals surface area contributed by atoms with Gasteiger partial charge in [-0.25, -0.2) is 9.59 Å². The second-order valence-corrected chi connectivity index (χ2v) is 10.7. The van der Waals surface area contributed by atoms with Crippen molar-refractivity contribution in [2.75, 3.05) is 38.1 Å². The van der Waals surface area contributed by atoms with Gasteiger partial charge in [-0.2, -0.15) is 0 Å². The lowest BCUT2D eigenvalue weighted by Crippen LogP contribution is -2.52. The average Bonchev–Trinajstić information content (AvgIpc) is 3.70. The lowest BCUT2D eigenvalue weighted by Gasteiger charge is -2.35. The molecule has 36 heavy (non-hydrogen) atoms. The number of benzene rings is 2. The van der Waals surface area contributed by atoms with Gasteiger partial charge < -0.3 is 24.6 Å². The largest absolute Gasteiger partial charge is 0.494 e. The standard InChI is InChI=1S/C29H39N3O4/c1-29(2,3)36-28(34)32-18-16-31(17-19-32)27(33)30-25-14-10-22(11-15-25)7-4-5-20-35-26-9-6-8-24(21-26)23-12-13-23/h6,8-11,14-15,21,23H,4-5,7,12-13,16-20H2,1-3H3,(H,30,33). The van der Waals surface area contributed by atoms with Crippen molar-refractivity contribution in [3.8, 4) is 5.75 Å². The number of nitrogens with zero attached hydrogens (tertiary/aromatic N) is 2. The monoisotopic (exact) mass is 493 g/mol. The molecule has 194 valence electrons. The maximum Gasteiger partial charge on any atom is 0.410 e. The maximum atomic E-state index is 12.6. The molecule has 0 radical (unpaired) electrons. The number of piperazine rings is 1. The van der Waals surface area contributed by atoms with Crippen molar-refractivity contribution < 1.29 is 19.1 Å². The maximum absolute atomic E-state index is 12.6. The summed E-state index contributed by atoms with van der Waals surface area (Å²) in [6.45, 7) is 8.18. The normalized spacial score (nSPS) is 16.0. The van der Waals surface area contributed by atoms with Gasteiger partial charge in [0.15, 0.2) is 0 Å². The van der Waals surface area contributed by atoms with E-state index in [0.29, 0.717) is 26.2 Å². The topological polar surface area (TPSA) is 71.1 Å². The highest BCUT2D eigenvalue weighted by molar-refractivity contribution is 5.89. The fourth-order valence-corrected chi connectivity index (χ4v) is 4.27. The molecule has 1 aliphatic heterocycles. The van der Waals surface area contributed by atoms with Gasteiger partial charge in [0.2, 0.25) is 0 Å². The Balaban J connectivity index is 1.13. The zero-order valence-corrected chi connectivity index (χ0v) is 21.8. The van der Waals surface area contributed by atoms with E-state index in [1.54, 1.807) is 9.80 Å². The Labute approximate surface area is 214 Å². The van der Waals surface area contributed by atoms with E-state index in [-0.39, 0.29) is 12.1 Å². The number of aryl methyl sites for hydroxylation is 1. The van der Waals surface area contributed by atoms with Crippen LogP contribution in [-0.4, -0.2) is 60.3 Å². The summed E-state index contributed by atoms with van der Waals surface area (Å²) in [4.78, 5) is 28.2. The number of anilines is 1. The Morgan fingerprint density at radius 1 is 0.944 bits per heavy atom. The van der Waals surface area contributed by atoms with E-state index in [0.717, 1.165) is 43.2 Å². The van der Waals surface area contributed by atoms with E-state index in [1.165, 1.54) is 24.0 Å². The second-order valence-electron chi connectivity index (χ2n) is 10.7. The molecule has 7 heteroatoms. The first-order valence-electron chi connectivity index (χ1n) is 13.1. The van der Waals surface area contributed by atoms with E-state index in [4.69, 9.17) is 9.47 Å². The van der Waals surface area contributed by atoms with Crippen molar-refractivity contribution >= 4 is 17.8 Å². The van der Waals surface area contributed by atoms with Gasteiger partial charge >= 0.3 is 12.1 Å². The number of hydrogen-bond donors (Lipinski definition) is 1. The van der Waals surface area contributed by atoms with Crippen LogP contribution in [0.4, 0.5) is 15.3 Å². The number of amides is 3. The molecule has 1 N–H and O–H groups in total. The molecule has 1 aliphatic carbocycles. The Morgan fingerprint density at radius 2 is 1.64 bits per heavy atom. The van der Waals surface area contributed by atoms with Crippen LogP contribution in [0.1, 0.15) is 63.5 Å². The first kappa shape index (κ1) is 25.9. The number of carbonyl (C=O) groups excluding carboxylic acids is 2. The number of unbranched alkanes of at least 4 members (excludes halogenated alkanes) is 1. The minimum absolute atomic E-state index is 0.144. The lowest BCUT2D eigenvalue weighted by atomic mass is 10.1. The van der Waals surface area contributed by atoms with Crippen LogP contribution in [-0.2, 0) is 11.2 Å². The van der Waals surface area contributed by atoms with Gasteiger partial charge in [-0.05, 0) is 94.2 Å². The van der Waals surface area contributed by atoms with Crippen LogP contribution >= 0.6 is 0 Å². The zero-order chi connectivity index (χ0) is 25.5. The van der Waals surface area contributed by atoms with Crippen LogP contribution in [0, 0.1) is 0 Å². The third-order valence-electron chi connectivity index (χ3n) is 6.46. The van der Waals surface area contributed by atoms with E-state index < -0.39 is 5.60 Å². The highest BCUT2D eigenvalue weighted by Crippen LogP contribution is 2.40. The molecule has 2 aromatic rings. The minimum atomic E-state index is -0.521. The SMILES string of the molecule is CC(C)(C)OC(=O)N1CCN(C(=O)Nc2ccc(CCCCOc3cccc(C4CC4)c3)cc2)CC1. The molecule has 3 amide bonds. The molecule has 2 aliphatic rings. The van der Waals surface area contributed by atoms with Gasteiger partial charge in [-0.1, -0.05) is 24.3 Å². The summed E-state index contributed by atoms with van der Waals surface area (Å²) in [6.07, 6.45) is 5.31. The Bertz CT molecular complexity index is 1020. The van der Waals surface area contributed by atoms with Crippen molar-refractivity contribution in [3.63, 3.8) is 0 Å². The highest BCUT2D eigenvalue weighted by atomic mass is 16.6. The fraction of sp³-hybridized carbons (Fsp3) is 0.517. The van der Waals surface area contributed by atoms with Crippen LogP contribution < -0.4 is 10.1 Å². The van der Waals surface area contributed by atoms with E-state index in [9.17, 15) is 9.59 Å². The van der Waals surface area contributed by atoms with E-state index in [2.05, 4.69) is 35.6 Å². The fourth-order valence-electron chi connectivity index (χ4n) is 4.27. The van der Waals surface area contributed by atoms with Gasteiger partial charge in [0.1, 0.15) is 11.4 Å². The van der Waals surface area contributed by atoms with Gasteiger partial charge in [0.05, 0.1) is 6.61 Å². The molecule has 1 saturated heterocycles. The van der Waals surface area contributed by atoms with E-state index in [1.807, 2.05) is 39.0 Å². The summed E-state index contributed by atoms with van der Waals surface area (Å²) in [5.41, 5.74) is 2.91. The second kappa shape index (κ2) is 11.7. The highest BCUT2D eigenvalue weighted by Gasteiger charge is 2.27. The quantitative estimate of drug-likeness (QED) is 0.455. The van der Waals surface area contributed by atoms with Gasteiger partial charge in [0.25, 0.3) is 0 Å². The number of ether oxygens (including phenoxy) is 2. The average molecular weight is 494 g/mol. The van der Waals surface area contributed by atoms with Crippen LogP contribution in [0.15, 0.2) is 48.5 Å². The van der Waals surface area contributed by atoms with E-state index >= 15 is 0 Å². The van der Waals surface area contributed by atoms with Crippen molar-refractivity contribution in [2.24, 2.45) is 0 Å². The summed E-state index contributed by atoms with van der Waals surface area (Å²) < 4.78 is 11.4. The Morgan fingerprint density at radius 3 is 2.31 bits per heavy atom. The number of hydrogen-bond acceptors (Lipinski definition) is 4. The summed E-state index contributed by atoms with van der Waals surface area (Å²) in [6, 6.07) is 16.4. The van der Waals surface area contributed by atoms with Gasteiger partial charge in [0, 0.05) is 31.9 Å². The number of rotatable bonds is 8. The summed E-state index contributed by atoms with van der Waals surface area (Å²) in [7, 11) is 0. The molecule has 2 fully saturated rings. The van der Waals surface area contributed by atoms with Gasteiger partial charge in [-0.3, -0.25) is 0 Å². The first-order chi connectivity index (χ1) is 17.3. The molecule has 0 unspecified atom stereocenters. The van der Waals surface area contributed by atoms with Crippen molar-refractivity contribution in [3.05, 3.63) is 59.7 Å². The predicted octanol–water partition coefficient (Wildman–Crippen LogP) is 6.05. The number of carbonyl (C=O) groups is 2. The zero-order valence-electron chi connectivity index (χ0n) is 21.8. The molecule has 0 atom stereocenters. The minimum Gasteiger partial charge on any atom is -0.494 e. The van der Waals surface area contributed by atoms with Gasteiger partial charge in [-0.15, -0.1) is 0 Å². The third kappa shape index (κ3) is 7.90. The summed E-state index contributed by atoms with van der Waals surface area (Å²) in [5.74, 6) is 1.72. The van der Waals surface area contributed by atoms with Crippen molar-refractivity contribution in [1.82, 2.24) is 9.80 Å².